The highest BCUT2D eigenvalue weighted by Gasteiger charge is 2.25. The molecule has 11 nitrogen and oxygen atoms in total. The molecule has 1 fully saturated rings. The number of likely N-dealkylation sites (tertiary alicyclic amines) is 1. The van der Waals surface area contributed by atoms with Gasteiger partial charge >= 0.3 is 5.97 Å². The first-order valence-electron chi connectivity index (χ1n) is 17.6. The molecule has 0 amide bonds. The van der Waals surface area contributed by atoms with Crippen molar-refractivity contribution >= 4 is 39.5 Å². The van der Waals surface area contributed by atoms with Crippen LogP contribution in [-0.4, -0.2) is 61.8 Å². The van der Waals surface area contributed by atoms with Crippen LogP contribution in [0.4, 0.5) is 11.5 Å². The van der Waals surface area contributed by atoms with Crippen LogP contribution in [-0.2, 0) is 17.9 Å². The number of carboxylic acid groups (broad SMARTS) is 1. The molecule has 1 atom stereocenters. The van der Waals surface area contributed by atoms with Gasteiger partial charge in [0.05, 0.1) is 17.6 Å². The Kier molecular flexibility index (Phi) is 9.96. The fourth-order valence-corrected chi connectivity index (χ4v) is 7.05. The van der Waals surface area contributed by atoms with Crippen molar-refractivity contribution in [3.8, 4) is 28.7 Å². The van der Waals surface area contributed by atoms with E-state index in [2.05, 4.69) is 58.6 Å². The number of aliphatic carboxylic acids is 1. The van der Waals surface area contributed by atoms with Gasteiger partial charge in [-0.1, -0.05) is 24.3 Å². The second-order valence-corrected chi connectivity index (χ2v) is 13.6. The maximum atomic E-state index is 11.4. The molecule has 0 radical (unpaired) electrons. The maximum absolute atomic E-state index is 11.4. The SMILES string of the molecule is Cc1c(Nc2nccc3cc(CN4CCC(C(=O)O)CC4)cnc23)cccc1-c1cccc(-c2nc3cc(CNCC(C)O)cc(C#N)c3o2)c1C. The average molecular weight is 696 g/mol. The van der Waals surface area contributed by atoms with Gasteiger partial charge < -0.3 is 25.3 Å². The van der Waals surface area contributed by atoms with E-state index in [1.165, 1.54) is 0 Å². The number of aromatic nitrogens is 3. The van der Waals surface area contributed by atoms with Crippen LogP contribution >= 0.6 is 0 Å². The fourth-order valence-electron chi connectivity index (χ4n) is 7.05. The van der Waals surface area contributed by atoms with Gasteiger partial charge in [0, 0.05) is 48.7 Å². The Hall–Kier alpha value is -5.67. The Morgan fingerprint density at radius 1 is 1.02 bits per heavy atom. The first kappa shape index (κ1) is 34.8. The molecular weight excluding hydrogens is 654 g/mol. The van der Waals surface area contributed by atoms with E-state index in [1.54, 1.807) is 19.2 Å². The first-order valence-corrected chi connectivity index (χ1v) is 17.6. The number of benzene rings is 3. The van der Waals surface area contributed by atoms with Gasteiger partial charge in [-0.2, -0.15) is 5.26 Å². The molecule has 0 spiro atoms. The normalized spacial score (nSPS) is 14.4. The summed E-state index contributed by atoms with van der Waals surface area (Å²) in [5, 5.41) is 36.5. The third-order valence-electron chi connectivity index (χ3n) is 9.88. The molecule has 1 saturated heterocycles. The number of carbonyl (C=O) groups is 1. The van der Waals surface area contributed by atoms with Crippen LogP contribution < -0.4 is 10.6 Å². The van der Waals surface area contributed by atoms with Crippen LogP contribution in [0.15, 0.2) is 77.5 Å². The molecular formula is C41H41N7O4. The second-order valence-electron chi connectivity index (χ2n) is 13.6. The van der Waals surface area contributed by atoms with Gasteiger partial charge in [0.1, 0.15) is 17.1 Å². The number of anilines is 2. The number of pyridine rings is 2. The van der Waals surface area contributed by atoms with E-state index in [0.717, 1.165) is 75.2 Å². The number of nitrogens with one attached hydrogen (secondary N) is 2. The van der Waals surface area contributed by atoms with Crippen LogP contribution in [0.3, 0.4) is 0 Å². The topological polar surface area (TPSA) is 160 Å². The molecule has 3 aromatic heterocycles. The third-order valence-corrected chi connectivity index (χ3v) is 9.88. The van der Waals surface area contributed by atoms with Gasteiger partial charge in [0.15, 0.2) is 11.4 Å². The predicted molar refractivity (Wildman–Crippen MR) is 201 cm³/mol. The fraction of sp³-hybridized carbons (Fsp3) is 0.293. The largest absolute Gasteiger partial charge is 0.481 e. The third kappa shape index (κ3) is 7.22. The highest BCUT2D eigenvalue weighted by atomic mass is 16.4. The number of nitrogens with zero attached hydrogens (tertiary/aromatic N) is 5. The molecule has 0 bridgehead atoms. The standard InChI is InChI=1S/C41H41N7O4/c1-24(49)20-43-21-27-16-31(19-42)38-36(18-27)47-40(52-38)34-8-4-6-32(25(34)2)33-7-5-9-35(26(33)3)46-39-37-30(10-13-44-39)17-28(22-45-37)23-48-14-11-29(12-15-48)41(50)51/h4-10,13,16-18,22,24,29,43,49H,11-12,14-15,20-21,23H2,1-3H3,(H,44,46)(H,50,51). The Balaban J connectivity index is 1.14. The van der Waals surface area contributed by atoms with Gasteiger partial charge in [-0.3, -0.25) is 14.7 Å². The second kappa shape index (κ2) is 14.9. The van der Waals surface area contributed by atoms with Gasteiger partial charge in [-0.05, 0) is 116 Å². The maximum Gasteiger partial charge on any atom is 0.306 e. The van der Waals surface area contributed by atoms with Gasteiger partial charge in [0.2, 0.25) is 5.89 Å². The van der Waals surface area contributed by atoms with E-state index in [0.29, 0.717) is 54.3 Å². The number of piperidine rings is 1. The zero-order chi connectivity index (χ0) is 36.4. The number of aliphatic hydroxyl groups excluding tert-OH is 1. The quantitative estimate of drug-likeness (QED) is 0.109. The van der Waals surface area contributed by atoms with Crippen molar-refractivity contribution in [3.63, 3.8) is 0 Å². The predicted octanol–water partition coefficient (Wildman–Crippen LogP) is 7.10. The number of nitriles is 1. The summed E-state index contributed by atoms with van der Waals surface area (Å²) >= 11 is 0. The molecule has 1 unspecified atom stereocenters. The molecule has 52 heavy (non-hydrogen) atoms. The van der Waals surface area contributed by atoms with Crippen LogP contribution in [0.5, 0.6) is 0 Å². The summed E-state index contributed by atoms with van der Waals surface area (Å²) in [5.74, 6) is 0.158. The highest BCUT2D eigenvalue weighted by molar-refractivity contribution is 5.91. The molecule has 6 aromatic rings. The summed E-state index contributed by atoms with van der Waals surface area (Å²) in [5.41, 5.74) is 10.1. The van der Waals surface area contributed by atoms with Crippen molar-refractivity contribution < 1.29 is 19.4 Å². The zero-order valence-electron chi connectivity index (χ0n) is 29.5. The molecule has 3 aromatic carbocycles. The lowest BCUT2D eigenvalue weighted by Gasteiger charge is -2.29. The molecule has 4 N–H and O–H groups in total. The number of hydrogen-bond donors (Lipinski definition) is 4. The van der Waals surface area contributed by atoms with E-state index in [-0.39, 0.29) is 5.92 Å². The van der Waals surface area contributed by atoms with Gasteiger partial charge in [-0.25, -0.2) is 9.97 Å². The zero-order valence-corrected chi connectivity index (χ0v) is 29.5. The number of hydrogen-bond acceptors (Lipinski definition) is 10. The Morgan fingerprint density at radius 2 is 1.77 bits per heavy atom. The number of carboxylic acids is 1. The summed E-state index contributed by atoms with van der Waals surface area (Å²) in [7, 11) is 0. The van der Waals surface area contributed by atoms with Gasteiger partial charge in [0.25, 0.3) is 0 Å². The van der Waals surface area contributed by atoms with Crippen molar-refractivity contribution in [1.82, 2.24) is 25.2 Å². The lowest BCUT2D eigenvalue weighted by Crippen LogP contribution is -2.35. The Labute approximate surface area is 302 Å². The number of oxazole rings is 1. The van der Waals surface area contributed by atoms with E-state index in [9.17, 15) is 20.3 Å². The van der Waals surface area contributed by atoms with Crippen molar-refractivity contribution in [2.45, 2.75) is 52.8 Å². The van der Waals surface area contributed by atoms with E-state index in [1.807, 2.05) is 42.6 Å². The summed E-state index contributed by atoms with van der Waals surface area (Å²) in [6.45, 7) is 9.06. The van der Waals surface area contributed by atoms with E-state index >= 15 is 0 Å². The van der Waals surface area contributed by atoms with Crippen molar-refractivity contribution in [3.05, 3.63) is 101 Å². The number of aliphatic hydroxyl groups is 1. The average Bonchev–Trinajstić information content (AvgIpc) is 3.56. The molecule has 7 rings (SSSR count). The van der Waals surface area contributed by atoms with E-state index < -0.39 is 12.1 Å². The van der Waals surface area contributed by atoms with Crippen LogP contribution in [0.25, 0.3) is 44.6 Å². The smallest absolute Gasteiger partial charge is 0.306 e. The summed E-state index contributed by atoms with van der Waals surface area (Å²) in [6, 6.07) is 22.3. The van der Waals surface area contributed by atoms with Crippen molar-refractivity contribution in [2.75, 3.05) is 25.0 Å². The molecule has 0 aliphatic carbocycles. The Bertz CT molecular complexity index is 2320. The lowest BCUT2D eigenvalue weighted by atomic mass is 9.93. The molecule has 11 heteroatoms. The minimum absolute atomic E-state index is 0.252. The van der Waals surface area contributed by atoms with Crippen LogP contribution in [0.2, 0.25) is 0 Å². The summed E-state index contributed by atoms with van der Waals surface area (Å²) < 4.78 is 6.24. The number of rotatable bonds is 11. The molecule has 1 aliphatic heterocycles. The van der Waals surface area contributed by atoms with E-state index in [4.69, 9.17) is 14.4 Å². The van der Waals surface area contributed by atoms with Crippen molar-refractivity contribution in [2.24, 2.45) is 5.92 Å². The molecule has 264 valence electrons. The minimum Gasteiger partial charge on any atom is -0.481 e. The molecule has 1 aliphatic rings. The monoisotopic (exact) mass is 695 g/mol. The minimum atomic E-state index is -0.700. The Morgan fingerprint density at radius 3 is 2.52 bits per heavy atom. The van der Waals surface area contributed by atoms with Crippen LogP contribution in [0.1, 0.15) is 47.6 Å². The summed E-state index contributed by atoms with van der Waals surface area (Å²) in [6.07, 6.45) is 4.54. The van der Waals surface area contributed by atoms with Crippen molar-refractivity contribution in [1.29, 1.82) is 5.26 Å². The number of fused-ring (bicyclic) bond motifs is 2. The molecule has 4 heterocycles. The molecule has 0 saturated carbocycles. The highest BCUT2D eigenvalue weighted by Crippen LogP contribution is 2.37. The summed E-state index contributed by atoms with van der Waals surface area (Å²) in [4.78, 5) is 27.9. The first-order chi connectivity index (χ1) is 25.2. The van der Waals surface area contributed by atoms with Gasteiger partial charge in [-0.15, -0.1) is 0 Å². The van der Waals surface area contributed by atoms with Crippen LogP contribution in [0, 0.1) is 31.1 Å². The lowest BCUT2D eigenvalue weighted by molar-refractivity contribution is -0.143.